The summed E-state index contributed by atoms with van der Waals surface area (Å²) in [6.07, 6.45) is 5.77. The van der Waals surface area contributed by atoms with Gasteiger partial charge in [-0.1, -0.05) is 33.3 Å². The van der Waals surface area contributed by atoms with Crippen LogP contribution in [0.15, 0.2) is 30.7 Å². The smallest absolute Gasteiger partial charge is 0.116 e. The van der Waals surface area contributed by atoms with E-state index >= 15 is 0 Å². The molecule has 0 fully saturated rings. The molecule has 0 aliphatic heterocycles. The third-order valence-electron chi connectivity index (χ3n) is 3.21. The number of rotatable bonds is 3. The molecule has 1 aromatic carbocycles. The van der Waals surface area contributed by atoms with Crippen LogP contribution in [0.4, 0.5) is 0 Å². The quantitative estimate of drug-likeness (QED) is 0.780. The fourth-order valence-corrected chi connectivity index (χ4v) is 1.82. The van der Waals surface area contributed by atoms with Crippen molar-refractivity contribution >= 4 is 10.9 Å². The summed E-state index contributed by atoms with van der Waals surface area (Å²) in [5.41, 5.74) is 2.76. The molecule has 0 radical (unpaired) electrons. The normalized spacial score (nSPS) is 11.9. The molecule has 0 saturated heterocycles. The Morgan fingerprint density at radius 2 is 2.06 bits per heavy atom. The van der Waals surface area contributed by atoms with Gasteiger partial charge in [0.2, 0.25) is 0 Å². The van der Waals surface area contributed by atoms with Crippen LogP contribution in [-0.4, -0.2) is 9.97 Å². The SMILES string of the molecule is CCC(C)(C)Cc1ccc2ncncc2c1. The van der Waals surface area contributed by atoms with Gasteiger partial charge in [-0.2, -0.15) is 0 Å². The average molecular weight is 214 g/mol. The van der Waals surface area contributed by atoms with Crippen molar-refractivity contribution in [2.45, 2.75) is 33.6 Å². The second kappa shape index (κ2) is 4.20. The molecular weight excluding hydrogens is 196 g/mol. The Morgan fingerprint density at radius 1 is 1.25 bits per heavy atom. The summed E-state index contributed by atoms with van der Waals surface area (Å²) in [7, 11) is 0. The van der Waals surface area contributed by atoms with E-state index in [1.165, 1.54) is 12.0 Å². The summed E-state index contributed by atoms with van der Waals surface area (Å²) < 4.78 is 0. The number of fused-ring (bicyclic) bond motifs is 1. The molecule has 0 saturated carbocycles. The van der Waals surface area contributed by atoms with Gasteiger partial charge in [-0.15, -0.1) is 0 Å². The summed E-state index contributed by atoms with van der Waals surface area (Å²) >= 11 is 0. The first-order chi connectivity index (χ1) is 7.61. The molecular formula is C14H18N2. The fraction of sp³-hybridized carbons (Fsp3) is 0.429. The van der Waals surface area contributed by atoms with Crippen molar-refractivity contribution in [3.8, 4) is 0 Å². The Hall–Kier alpha value is -1.44. The minimum absolute atomic E-state index is 0.364. The van der Waals surface area contributed by atoms with Crippen LogP contribution in [0.25, 0.3) is 10.9 Å². The number of benzene rings is 1. The Balaban J connectivity index is 2.33. The molecule has 84 valence electrons. The Kier molecular flexibility index (Phi) is 2.90. The standard InChI is InChI=1S/C14H18N2/c1-4-14(2,3)8-11-5-6-13-12(7-11)9-15-10-16-13/h5-7,9-10H,4,8H2,1-3H3. The lowest BCUT2D eigenvalue weighted by Gasteiger charge is -2.22. The van der Waals surface area contributed by atoms with E-state index in [-0.39, 0.29) is 0 Å². The van der Waals surface area contributed by atoms with Gasteiger partial charge in [-0.25, -0.2) is 9.97 Å². The molecule has 2 rings (SSSR count). The van der Waals surface area contributed by atoms with Crippen molar-refractivity contribution < 1.29 is 0 Å². The van der Waals surface area contributed by atoms with Crippen LogP contribution < -0.4 is 0 Å². The molecule has 0 amide bonds. The van der Waals surface area contributed by atoms with Crippen LogP contribution in [0.3, 0.4) is 0 Å². The zero-order valence-corrected chi connectivity index (χ0v) is 10.2. The summed E-state index contributed by atoms with van der Waals surface area (Å²) in [6, 6.07) is 6.46. The van der Waals surface area contributed by atoms with Gasteiger partial charge in [0.15, 0.2) is 0 Å². The van der Waals surface area contributed by atoms with E-state index in [2.05, 4.69) is 48.9 Å². The Morgan fingerprint density at radius 3 is 2.81 bits per heavy atom. The zero-order chi connectivity index (χ0) is 11.6. The van der Waals surface area contributed by atoms with Gasteiger partial charge in [0.25, 0.3) is 0 Å². The predicted molar refractivity (Wildman–Crippen MR) is 67.3 cm³/mol. The molecule has 0 bridgehead atoms. The van der Waals surface area contributed by atoms with Crippen molar-refractivity contribution in [1.29, 1.82) is 0 Å². The average Bonchev–Trinajstić information content (AvgIpc) is 2.28. The second-order valence-corrected chi connectivity index (χ2v) is 5.11. The highest BCUT2D eigenvalue weighted by Gasteiger charge is 2.15. The van der Waals surface area contributed by atoms with Crippen LogP contribution >= 0.6 is 0 Å². The molecule has 2 nitrogen and oxygen atoms in total. The summed E-state index contributed by atoms with van der Waals surface area (Å²) in [4.78, 5) is 8.29. The van der Waals surface area contributed by atoms with Gasteiger partial charge in [0.1, 0.15) is 6.33 Å². The van der Waals surface area contributed by atoms with E-state index in [9.17, 15) is 0 Å². The number of aromatic nitrogens is 2. The molecule has 2 heteroatoms. The molecule has 16 heavy (non-hydrogen) atoms. The van der Waals surface area contributed by atoms with Crippen LogP contribution in [0.1, 0.15) is 32.8 Å². The maximum Gasteiger partial charge on any atom is 0.116 e. The fourth-order valence-electron chi connectivity index (χ4n) is 1.82. The number of hydrogen-bond acceptors (Lipinski definition) is 2. The lowest BCUT2D eigenvalue weighted by Crippen LogP contribution is -2.13. The highest BCUT2D eigenvalue weighted by Crippen LogP contribution is 2.26. The molecule has 0 unspecified atom stereocenters. The van der Waals surface area contributed by atoms with Gasteiger partial charge in [-0.3, -0.25) is 0 Å². The summed E-state index contributed by atoms with van der Waals surface area (Å²) in [5.74, 6) is 0. The van der Waals surface area contributed by atoms with Crippen molar-refractivity contribution in [2.75, 3.05) is 0 Å². The lowest BCUT2D eigenvalue weighted by atomic mass is 9.83. The van der Waals surface area contributed by atoms with Crippen LogP contribution in [0.2, 0.25) is 0 Å². The van der Waals surface area contributed by atoms with Crippen molar-refractivity contribution in [2.24, 2.45) is 5.41 Å². The Labute approximate surface area is 96.7 Å². The molecule has 0 aliphatic carbocycles. The van der Waals surface area contributed by atoms with E-state index in [1.54, 1.807) is 6.33 Å². The summed E-state index contributed by atoms with van der Waals surface area (Å²) in [5, 5.41) is 1.13. The van der Waals surface area contributed by atoms with Crippen LogP contribution in [0, 0.1) is 5.41 Å². The van der Waals surface area contributed by atoms with Gasteiger partial charge in [0, 0.05) is 11.6 Å². The number of hydrogen-bond donors (Lipinski definition) is 0. The van der Waals surface area contributed by atoms with Crippen molar-refractivity contribution in [3.05, 3.63) is 36.3 Å². The molecule has 2 aromatic rings. The first-order valence-electron chi connectivity index (χ1n) is 5.79. The van der Waals surface area contributed by atoms with Crippen molar-refractivity contribution in [3.63, 3.8) is 0 Å². The van der Waals surface area contributed by atoms with Crippen molar-refractivity contribution in [1.82, 2.24) is 9.97 Å². The van der Waals surface area contributed by atoms with Gasteiger partial charge in [0.05, 0.1) is 5.52 Å². The van der Waals surface area contributed by atoms with E-state index in [4.69, 9.17) is 0 Å². The van der Waals surface area contributed by atoms with E-state index in [1.807, 2.05) is 6.20 Å². The maximum absolute atomic E-state index is 4.23. The lowest BCUT2D eigenvalue weighted by molar-refractivity contribution is 0.349. The maximum atomic E-state index is 4.23. The largest absolute Gasteiger partial charge is 0.244 e. The van der Waals surface area contributed by atoms with Gasteiger partial charge >= 0.3 is 0 Å². The first kappa shape index (κ1) is 11.1. The van der Waals surface area contributed by atoms with Crippen LogP contribution in [-0.2, 0) is 6.42 Å². The third-order valence-corrected chi connectivity index (χ3v) is 3.21. The molecule has 0 spiro atoms. The predicted octanol–water partition coefficient (Wildman–Crippen LogP) is 3.61. The van der Waals surface area contributed by atoms with E-state index in [0.717, 1.165) is 17.3 Å². The minimum atomic E-state index is 0.364. The molecule has 1 heterocycles. The van der Waals surface area contributed by atoms with Crippen LogP contribution in [0.5, 0.6) is 0 Å². The topological polar surface area (TPSA) is 25.8 Å². The van der Waals surface area contributed by atoms with E-state index in [0.29, 0.717) is 5.41 Å². The Bertz CT molecular complexity index is 489. The molecule has 0 aliphatic rings. The zero-order valence-electron chi connectivity index (χ0n) is 10.2. The molecule has 0 atom stereocenters. The number of nitrogens with zero attached hydrogens (tertiary/aromatic N) is 2. The highest BCUT2D eigenvalue weighted by atomic mass is 14.8. The first-order valence-corrected chi connectivity index (χ1v) is 5.79. The highest BCUT2D eigenvalue weighted by molar-refractivity contribution is 5.77. The molecule has 1 aromatic heterocycles. The third kappa shape index (κ3) is 2.38. The minimum Gasteiger partial charge on any atom is -0.244 e. The second-order valence-electron chi connectivity index (χ2n) is 5.11. The van der Waals surface area contributed by atoms with E-state index < -0.39 is 0 Å². The van der Waals surface area contributed by atoms with Gasteiger partial charge < -0.3 is 0 Å². The van der Waals surface area contributed by atoms with Gasteiger partial charge in [-0.05, 0) is 29.5 Å². The monoisotopic (exact) mass is 214 g/mol. The molecule has 0 N–H and O–H groups in total. The summed E-state index contributed by atoms with van der Waals surface area (Å²) in [6.45, 7) is 6.85.